The number of aryl methyl sites for hydroxylation is 1. The lowest BCUT2D eigenvalue weighted by molar-refractivity contribution is -2.00. The quantitative estimate of drug-likeness (QED) is 0.513. The number of hydrogen-bond acceptors (Lipinski definition) is 7. The Hall–Kier alpha value is -1.52. The fraction of sp³-hybridized carbons (Fsp3) is 0.545. The summed E-state index contributed by atoms with van der Waals surface area (Å²) in [4.78, 5) is 11.3. The van der Waals surface area contributed by atoms with Gasteiger partial charge in [-0.1, -0.05) is 4.98 Å². The molecule has 9 nitrogen and oxygen atoms in total. The van der Waals surface area contributed by atoms with Crippen LogP contribution in [-0.2, 0) is 13.1 Å². The normalized spacial score (nSPS) is 14.1. The third kappa shape index (κ3) is 3.57. The van der Waals surface area contributed by atoms with Crippen molar-refractivity contribution in [2.75, 3.05) is 18.0 Å². The Morgan fingerprint density at radius 2 is 1.86 bits per heavy atom. The van der Waals surface area contributed by atoms with E-state index in [0.717, 1.165) is 37.3 Å². The van der Waals surface area contributed by atoms with Crippen molar-refractivity contribution in [1.29, 1.82) is 0 Å². The maximum Gasteiger partial charge on any atom is 0.255 e. The predicted molar refractivity (Wildman–Crippen MR) is 61.3 cm³/mol. The molecule has 2 aromatic rings. The summed E-state index contributed by atoms with van der Waals surface area (Å²) in [6.45, 7) is 8.32. The zero-order valence-electron chi connectivity index (χ0n) is 11.7. The van der Waals surface area contributed by atoms with Gasteiger partial charge in [0.25, 0.3) is 5.82 Å². The van der Waals surface area contributed by atoms with Crippen molar-refractivity contribution in [3.05, 3.63) is 12.7 Å². The van der Waals surface area contributed by atoms with Crippen LogP contribution in [0, 0.1) is 10.2 Å². The Morgan fingerprint density at radius 1 is 1.19 bits per heavy atom. The maximum absolute atomic E-state index is 8.49. The summed E-state index contributed by atoms with van der Waals surface area (Å²) >= 11 is 0. The largest absolute Gasteiger partial charge is 0.301 e. The molecule has 0 unspecified atom stereocenters. The summed E-state index contributed by atoms with van der Waals surface area (Å²) in [5.41, 5.74) is 2.03. The van der Waals surface area contributed by atoms with E-state index in [2.05, 4.69) is 37.8 Å². The molecule has 10 heteroatoms. The van der Waals surface area contributed by atoms with E-state index < -0.39 is 10.2 Å². The molecular formula is C11H16ClN5O4. The van der Waals surface area contributed by atoms with Gasteiger partial charge in [0.1, 0.15) is 6.54 Å². The zero-order valence-corrected chi connectivity index (χ0v) is 12.5. The average Bonchev–Trinajstić information content (AvgIpc) is 2.99. The zero-order chi connectivity index (χ0) is 15.6. The van der Waals surface area contributed by atoms with Crippen molar-refractivity contribution in [1.82, 2.24) is 14.5 Å². The standard InChI is InChI=1S/C11H16N5.ClHO4/c1-3-14-5-6-16-8-13-10-9(11(14)16)12-7-15(10)4-2;2-1(3,4)5/h7-8H,3-6H2,1-2H3;(H,2,3,4,5)/q+1;/p-1. The van der Waals surface area contributed by atoms with E-state index in [4.69, 9.17) is 18.6 Å². The minimum Gasteiger partial charge on any atom is -0.301 e. The Bertz CT molecular complexity index is 621. The number of fused-ring (bicyclic) bond motifs is 3. The van der Waals surface area contributed by atoms with E-state index in [1.807, 2.05) is 12.7 Å². The minimum absolute atomic E-state index is 0.916. The molecule has 1 aliphatic heterocycles. The Morgan fingerprint density at radius 3 is 2.43 bits per heavy atom. The van der Waals surface area contributed by atoms with Crippen molar-refractivity contribution in [2.24, 2.45) is 0 Å². The van der Waals surface area contributed by atoms with Gasteiger partial charge in [-0.05, 0) is 13.8 Å². The smallest absolute Gasteiger partial charge is 0.255 e. The van der Waals surface area contributed by atoms with Crippen molar-refractivity contribution >= 4 is 17.0 Å². The first-order chi connectivity index (χ1) is 9.85. The Labute approximate surface area is 123 Å². The first-order valence-electron chi connectivity index (χ1n) is 6.45. The van der Waals surface area contributed by atoms with Gasteiger partial charge in [-0.15, -0.1) is 10.2 Å². The average molecular weight is 318 g/mol. The van der Waals surface area contributed by atoms with E-state index in [1.54, 1.807) is 0 Å². The van der Waals surface area contributed by atoms with Gasteiger partial charge in [0, 0.05) is 6.54 Å². The molecule has 0 amide bonds. The monoisotopic (exact) mass is 317 g/mol. The van der Waals surface area contributed by atoms with Crippen LogP contribution >= 0.6 is 0 Å². The first-order valence-corrected chi connectivity index (χ1v) is 7.68. The van der Waals surface area contributed by atoms with E-state index in [9.17, 15) is 0 Å². The summed E-state index contributed by atoms with van der Waals surface area (Å²) < 4.78 is 38.3. The van der Waals surface area contributed by atoms with Crippen LogP contribution in [-0.4, -0.2) is 27.6 Å². The molecule has 0 N–H and O–H groups in total. The summed E-state index contributed by atoms with van der Waals surface area (Å²) in [6.07, 6.45) is 3.81. The molecule has 0 atom stereocenters. The number of likely N-dealkylation sites (N-methyl/N-ethyl adjacent to an activating group) is 1. The Balaban J connectivity index is 0.000000282. The van der Waals surface area contributed by atoms with Crippen LogP contribution in [0.1, 0.15) is 13.8 Å². The molecule has 1 aliphatic rings. The molecule has 2 aromatic heterocycles. The van der Waals surface area contributed by atoms with Gasteiger partial charge >= 0.3 is 0 Å². The molecule has 0 fully saturated rings. The number of rotatable bonds is 2. The third-order valence-corrected chi connectivity index (χ3v) is 3.25. The van der Waals surface area contributed by atoms with Gasteiger partial charge in [0.15, 0.2) is 5.52 Å². The second-order valence-corrected chi connectivity index (χ2v) is 5.18. The summed E-state index contributed by atoms with van der Waals surface area (Å²) in [5.74, 6) is 1.22. The lowest BCUT2D eigenvalue weighted by Crippen LogP contribution is -2.68. The number of aromatic nitrogens is 4. The number of anilines is 1. The van der Waals surface area contributed by atoms with Crippen LogP contribution in [0.4, 0.5) is 5.82 Å². The van der Waals surface area contributed by atoms with Crippen LogP contribution in [0.5, 0.6) is 0 Å². The minimum atomic E-state index is -4.94. The topological polar surface area (TPSA) is 130 Å². The maximum atomic E-state index is 8.49. The Kier molecular flexibility index (Phi) is 4.59. The van der Waals surface area contributed by atoms with Crippen molar-refractivity contribution < 1.29 is 33.4 Å². The van der Waals surface area contributed by atoms with Gasteiger partial charge < -0.3 is 4.57 Å². The molecule has 0 radical (unpaired) electrons. The highest BCUT2D eigenvalue weighted by atomic mass is 35.7. The fourth-order valence-corrected chi connectivity index (χ4v) is 2.35. The molecule has 0 aliphatic carbocycles. The second-order valence-electron chi connectivity index (χ2n) is 4.42. The lowest BCUT2D eigenvalue weighted by Gasteiger charge is -2.17. The van der Waals surface area contributed by atoms with Gasteiger partial charge in [-0.25, -0.2) is 28.2 Å². The molecule has 0 saturated heterocycles. The summed E-state index contributed by atoms with van der Waals surface area (Å²) in [6, 6.07) is 0. The molecule has 3 rings (SSSR count). The highest BCUT2D eigenvalue weighted by Crippen LogP contribution is 2.22. The van der Waals surface area contributed by atoms with Gasteiger partial charge in [0.05, 0.1) is 19.4 Å². The van der Waals surface area contributed by atoms with Crippen molar-refractivity contribution in [3.63, 3.8) is 0 Å². The number of halogens is 1. The molecule has 0 bridgehead atoms. The molecule has 0 saturated carbocycles. The highest BCUT2D eigenvalue weighted by Gasteiger charge is 2.29. The van der Waals surface area contributed by atoms with E-state index >= 15 is 0 Å². The van der Waals surface area contributed by atoms with Gasteiger partial charge in [-0.2, -0.15) is 0 Å². The van der Waals surface area contributed by atoms with Crippen LogP contribution in [0.15, 0.2) is 12.7 Å². The summed E-state index contributed by atoms with van der Waals surface area (Å²) in [7, 11) is -4.94. The van der Waals surface area contributed by atoms with Crippen LogP contribution in [0.25, 0.3) is 11.2 Å². The molecule has 0 aromatic carbocycles. The molecule has 116 valence electrons. The highest BCUT2D eigenvalue weighted by molar-refractivity contribution is 5.81. The molecule has 3 heterocycles. The molecule has 21 heavy (non-hydrogen) atoms. The van der Waals surface area contributed by atoms with Crippen molar-refractivity contribution in [2.45, 2.75) is 26.9 Å². The van der Waals surface area contributed by atoms with Crippen molar-refractivity contribution in [3.8, 4) is 0 Å². The number of imidazole rings is 1. The van der Waals surface area contributed by atoms with E-state index in [0.29, 0.717) is 0 Å². The fourth-order valence-electron chi connectivity index (χ4n) is 2.35. The summed E-state index contributed by atoms with van der Waals surface area (Å²) in [5, 5.41) is 0. The van der Waals surface area contributed by atoms with Gasteiger partial charge in [-0.3, -0.25) is 4.90 Å². The van der Waals surface area contributed by atoms with E-state index in [-0.39, 0.29) is 0 Å². The van der Waals surface area contributed by atoms with Crippen LogP contribution in [0.3, 0.4) is 0 Å². The lowest BCUT2D eigenvalue weighted by atomic mass is 10.4. The molecule has 0 spiro atoms. The van der Waals surface area contributed by atoms with E-state index in [1.165, 1.54) is 5.82 Å². The number of hydrogen-bond donors (Lipinski definition) is 0. The SMILES string of the molecule is CCN1CC[n+]2cnc3c(ncn3CC)c21.[O-][Cl+3]([O-])([O-])[O-]. The van der Waals surface area contributed by atoms with Gasteiger partial charge in [0.2, 0.25) is 12.0 Å². The first kappa shape index (κ1) is 15.9. The number of nitrogens with zero attached hydrogens (tertiary/aromatic N) is 5. The van der Waals surface area contributed by atoms with Crippen LogP contribution < -0.4 is 28.1 Å². The predicted octanol–water partition coefficient (Wildman–Crippen LogP) is -4.18. The van der Waals surface area contributed by atoms with Crippen LogP contribution in [0.2, 0.25) is 0 Å². The second kappa shape index (κ2) is 6.08. The third-order valence-electron chi connectivity index (χ3n) is 3.25. The molecular weight excluding hydrogens is 302 g/mol.